The number of nitrogens with one attached hydrogen (secondary N) is 2. The van der Waals surface area contributed by atoms with Crippen molar-refractivity contribution in [2.45, 2.75) is 6.92 Å². The van der Waals surface area contributed by atoms with E-state index in [-0.39, 0.29) is 5.69 Å². The molecule has 92 valence electrons. The van der Waals surface area contributed by atoms with Gasteiger partial charge < -0.3 is 15.5 Å². The molecule has 5 heteroatoms. The van der Waals surface area contributed by atoms with E-state index in [4.69, 9.17) is 4.11 Å². The van der Waals surface area contributed by atoms with Crippen molar-refractivity contribution in [3.8, 4) is 0 Å². The number of nitrogens with zero attached hydrogens (tertiary/aromatic N) is 2. The summed E-state index contributed by atoms with van der Waals surface area (Å²) in [5.74, 6) is -0.681. The van der Waals surface area contributed by atoms with Crippen molar-refractivity contribution in [3.63, 3.8) is 0 Å². The molecule has 1 aromatic heterocycles. The highest BCUT2D eigenvalue weighted by Crippen LogP contribution is 2.18. The molecule has 2 heterocycles. The van der Waals surface area contributed by atoms with Gasteiger partial charge in [-0.2, -0.15) is 0 Å². The summed E-state index contributed by atoms with van der Waals surface area (Å²) in [6.07, 6.45) is 0. The molecule has 0 radical (unpaired) electrons. The van der Waals surface area contributed by atoms with Crippen LogP contribution >= 0.6 is 0 Å². The first-order valence-corrected chi connectivity index (χ1v) is 5.63. The van der Waals surface area contributed by atoms with Gasteiger partial charge in [0.05, 0.1) is 11.4 Å². The molecule has 0 aliphatic carbocycles. The predicted molar refractivity (Wildman–Crippen MR) is 67.4 cm³/mol. The minimum atomic E-state index is -2.50. The van der Waals surface area contributed by atoms with Crippen LogP contribution in [0.25, 0.3) is 0 Å². The molecular formula is C12H18N4O. The Balaban J connectivity index is 2.14. The van der Waals surface area contributed by atoms with E-state index in [0.717, 1.165) is 37.6 Å². The Kier molecular flexibility index (Phi) is 2.56. The van der Waals surface area contributed by atoms with Crippen molar-refractivity contribution in [2.75, 3.05) is 38.1 Å². The molecule has 0 unspecified atom stereocenters. The highest BCUT2D eigenvalue weighted by molar-refractivity contribution is 5.92. The second-order valence-electron chi connectivity index (χ2n) is 3.99. The SMILES string of the molecule is [2H]C([2H])([2H])NC(=O)c1ccc(N2CCNCC2)c(C)n1. The highest BCUT2D eigenvalue weighted by atomic mass is 16.1. The van der Waals surface area contributed by atoms with Gasteiger partial charge in [-0.1, -0.05) is 0 Å². The van der Waals surface area contributed by atoms with E-state index in [9.17, 15) is 4.79 Å². The number of aromatic nitrogens is 1. The molecule has 1 aliphatic heterocycles. The van der Waals surface area contributed by atoms with Gasteiger partial charge in [0.2, 0.25) is 0 Å². The largest absolute Gasteiger partial charge is 0.368 e. The molecule has 1 aromatic rings. The minimum absolute atomic E-state index is 0.123. The Morgan fingerprint density at radius 3 is 2.94 bits per heavy atom. The monoisotopic (exact) mass is 237 g/mol. The first-order chi connectivity index (χ1) is 9.37. The van der Waals surface area contributed by atoms with Crippen molar-refractivity contribution >= 4 is 11.6 Å². The Morgan fingerprint density at radius 1 is 1.53 bits per heavy atom. The van der Waals surface area contributed by atoms with Gasteiger partial charge in [-0.3, -0.25) is 4.79 Å². The summed E-state index contributed by atoms with van der Waals surface area (Å²) in [7, 11) is 0. The maximum atomic E-state index is 11.7. The zero-order valence-corrected chi connectivity index (χ0v) is 9.79. The fraction of sp³-hybridized carbons (Fsp3) is 0.500. The number of rotatable bonds is 2. The van der Waals surface area contributed by atoms with Crippen LogP contribution in [0.4, 0.5) is 5.69 Å². The zero-order chi connectivity index (χ0) is 14.8. The summed E-state index contributed by atoms with van der Waals surface area (Å²) in [5.41, 5.74) is 1.83. The van der Waals surface area contributed by atoms with Crippen LogP contribution in [0.5, 0.6) is 0 Å². The molecule has 1 fully saturated rings. The van der Waals surface area contributed by atoms with Gasteiger partial charge in [0, 0.05) is 37.3 Å². The molecule has 2 N–H and O–H groups in total. The van der Waals surface area contributed by atoms with Crippen molar-refractivity contribution in [3.05, 3.63) is 23.5 Å². The number of aryl methyl sites for hydroxylation is 1. The number of carbonyl (C=O) groups is 1. The van der Waals surface area contributed by atoms with Crippen molar-refractivity contribution in [2.24, 2.45) is 0 Å². The molecule has 0 bridgehead atoms. The molecule has 0 saturated carbocycles. The molecule has 17 heavy (non-hydrogen) atoms. The standard InChI is InChI=1S/C12H18N4O/c1-9-11(16-7-5-14-6-8-16)4-3-10(15-9)12(17)13-2/h3-4,14H,5-8H2,1-2H3,(H,13,17)/i2D3. The quantitative estimate of drug-likeness (QED) is 0.769. The number of hydrogen-bond donors (Lipinski definition) is 2. The Bertz CT molecular complexity index is 498. The molecular weight excluding hydrogens is 216 g/mol. The highest BCUT2D eigenvalue weighted by Gasteiger charge is 2.14. The maximum Gasteiger partial charge on any atom is 0.269 e. The third kappa shape index (κ3) is 2.55. The topological polar surface area (TPSA) is 57.3 Å². The van der Waals surface area contributed by atoms with Gasteiger partial charge in [0.15, 0.2) is 0 Å². The number of piperazine rings is 1. The number of amides is 1. The maximum absolute atomic E-state index is 11.7. The van der Waals surface area contributed by atoms with Gasteiger partial charge in [-0.25, -0.2) is 4.98 Å². The van der Waals surface area contributed by atoms with Crippen LogP contribution in [0.1, 0.15) is 20.3 Å². The smallest absolute Gasteiger partial charge is 0.269 e. The molecule has 2 rings (SSSR count). The van der Waals surface area contributed by atoms with Crippen LogP contribution in [0.3, 0.4) is 0 Å². The summed E-state index contributed by atoms with van der Waals surface area (Å²) in [6, 6.07) is 3.38. The molecule has 1 aliphatic rings. The van der Waals surface area contributed by atoms with E-state index in [1.807, 2.05) is 18.3 Å². The lowest BCUT2D eigenvalue weighted by molar-refractivity contribution is 0.0958. The van der Waals surface area contributed by atoms with E-state index in [1.165, 1.54) is 0 Å². The first kappa shape index (κ1) is 8.47. The van der Waals surface area contributed by atoms with Crippen LogP contribution in [0.15, 0.2) is 12.1 Å². The third-order valence-electron chi connectivity index (χ3n) is 2.86. The van der Waals surface area contributed by atoms with Gasteiger partial charge in [0.25, 0.3) is 5.91 Å². The lowest BCUT2D eigenvalue weighted by Gasteiger charge is -2.30. The lowest BCUT2D eigenvalue weighted by atomic mass is 10.2. The van der Waals surface area contributed by atoms with Crippen molar-refractivity contribution in [1.29, 1.82) is 0 Å². The number of carbonyl (C=O) groups excluding carboxylic acids is 1. The second-order valence-corrected chi connectivity index (χ2v) is 3.99. The predicted octanol–water partition coefficient (Wildman–Crippen LogP) is 0.159. The Labute approximate surface area is 105 Å². The van der Waals surface area contributed by atoms with Crippen molar-refractivity contribution in [1.82, 2.24) is 15.6 Å². The molecule has 1 saturated heterocycles. The fourth-order valence-electron chi connectivity index (χ4n) is 1.98. The molecule has 0 spiro atoms. The van der Waals surface area contributed by atoms with Crippen LogP contribution < -0.4 is 15.5 Å². The van der Waals surface area contributed by atoms with E-state index in [1.54, 1.807) is 6.07 Å². The average Bonchev–Trinajstić information content (AvgIpc) is 2.37. The van der Waals surface area contributed by atoms with Gasteiger partial charge in [0.1, 0.15) is 5.69 Å². The van der Waals surface area contributed by atoms with Crippen LogP contribution in [0.2, 0.25) is 0 Å². The van der Waals surface area contributed by atoms with Gasteiger partial charge >= 0.3 is 0 Å². The third-order valence-corrected chi connectivity index (χ3v) is 2.86. The first-order valence-electron chi connectivity index (χ1n) is 7.13. The zero-order valence-electron chi connectivity index (χ0n) is 12.8. The van der Waals surface area contributed by atoms with Crippen LogP contribution in [-0.4, -0.2) is 44.0 Å². The van der Waals surface area contributed by atoms with E-state index in [2.05, 4.69) is 15.2 Å². The Morgan fingerprint density at radius 2 is 2.29 bits per heavy atom. The summed E-state index contributed by atoms with van der Waals surface area (Å²) in [6.45, 7) is 2.95. The van der Waals surface area contributed by atoms with Crippen LogP contribution in [-0.2, 0) is 0 Å². The number of pyridine rings is 1. The normalized spacial score (nSPS) is 19.1. The minimum Gasteiger partial charge on any atom is -0.368 e. The molecule has 0 aromatic carbocycles. The fourth-order valence-corrected chi connectivity index (χ4v) is 1.98. The molecule has 1 amide bonds. The lowest BCUT2D eigenvalue weighted by Crippen LogP contribution is -2.43. The number of hydrogen-bond acceptors (Lipinski definition) is 4. The van der Waals surface area contributed by atoms with E-state index in [0.29, 0.717) is 0 Å². The van der Waals surface area contributed by atoms with Gasteiger partial charge in [-0.05, 0) is 19.1 Å². The van der Waals surface area contributed by atoms with Crippen molar-refractivity contribution < 1.29 is 8.91 Å². The molecule has 5 nitrogen and oxygen atoms in total. The second kappa shape index (κ2) is 5.14. The number of anilines is 1. The van der Waals surface area contributed by atoms with E-state index >= 15 is 0 Å². The van der Waals surface area contributed by atoms with E-state index < -0.39 is 12.9 Å². The Hall–Kier alpha value is -1.62. The van der Waals surface area contributed by atoms with Gasteiger partial charge in [-0.15, -0.1) is 0 Å². The summed E-state index contributed by atoms with van der Waals surface area (Å²) in [5, 5.41) is 5.21. The van der Waals surface area contributed by atoms with Crippen LogP contribution in [0, 0.1) is 6.92 Å². The summed E-state index contributed by atoms with van der Waals surface area (Å²) in [4.78, 5) is 18.1. The molecule has 0 atom stereocenters. The summed E-state index contributed by atoms with van der Waals surface area (Å²) < 4.78 is 21.1. The summed E-state index contributed by atoms with van der Waals surface area (Å²) >= 11 is 0. The average molecular weight is 237 g/mol.